The predicted molar refractivity (Wildman–Crippen MR) is 103 cm³/mol. The van der Waals surface area contributed by atoms with E-state index >= 15 is 0 Å². The van der Waals surface area contributed by atoms with Gasteiger partial charge in [-0.1, -0.05) is 35.9 Å². The van der Waals surface area contributed by atoms with Gasteiger partial charge in [0.2, 0.25) is 0 Å². The van der Waals surface area contributed by atoms with Crippen LogP contribution in [0.4, 0.5) is 13.2 Å². The van der Waals surface area contributed by atoms with Crippen LogP contribution in [-0.4, -0.2) is 13.2 Å². The van der Waals surface area contributed by atoms with Gasteiger partial charge in [0.05, 0.1) is 24.9 Å². The molecule has 28 heavy (non-hydrogen) atoms. The summed E-state index contributed by atoms with van der Waals surface area (Å²) in [5.41, 5.74) is 2.10. The number of benzene rings is 2. The molecule has 2 nitrogen and oxygen atoms in total. The summed E-state index contributed by atoms with van der Waals surface area (Å²) in [4.78, 5) is 0. The van der Waals surface area contributed by atoms with Crippen molar-refractivity contribution >= 4 is 0 Å². The van der Waals surface area contributed by atoms with E-state index in [9.17, 15) is 13.2 Å². The van der Waals surface area contributed by atoms with Crippen LogP contribution < -0.4 is 4.74 Å². The zero-order chi connectivity index (χ0) is 20.1. The maximum Gasteiger partial charge on any atom is 0.270 e. The predicted octanol–water partition coefficient (Wildman–Crippen LogP) is 6.57. The van der Waals surface area contributed by atoms with E-state index in [1.807, 2.05) is 0 Å². The average molecular weight is 392 g/mol. The van der Waals surface area contributed by atoms with Crippen molar-refractivity contribution in [2.75, 3.05) is 13.2 Å². The van der Waals surface area contributed by atoms with Crippen molar-refractivity contribution in [2.24, 2.45) is 5.92 Å². The van der Waals surface area contributed by atoms with Crippen LogP contribution in [-0.2, 0) is 11.2 Å². The number of hydrogen-bond acceptors (Lipinski definition) is 2. The molecule has 2 atom stereocenters. The van der Waals surface area contributed by atoms with Crippen LogP contribution in [0.15, 0.2) is 36.4 Å². The van der Waals surface area contributed by atoms with Gasteiger partial charge in [-0.15, -0.1) is 0 Å². The Morgan fingerprint density at radius 2 is 1.86 bits per heavy atom. The summed E-state index contributed by atoms with van der Waals surface area (Å²) in [5, 5.41) is 0. The van der Waals surface area contributed by atoms with E-state index in [4.69, 9.17) is 9.47 Å². The maximum absolute atomic E-state index is 14.6. The van der Waals surface area contributed by atoms with Crippen LogP contribution in [0.1, 0.15) is 61.0 Å². The van der Waals surface area contributed by atoms with E-state index in [1.165, 1.54) is 17.2 Å². The van der Waals surface area contributed by atoms with Crippen molar-refractivity contribution in [1.82, 2.24) is 0 Å². The van der Waals surface area contributed by atoms with Crippen LogP contribution >= 0.6 is 0 Å². The molecule has 2 aromatic carbocycles. The molecule has 5 heteroatoms. The Labute approximate surface area is 164 Å². The Kier molecular flexibility index (Phi) is 7.00. The monoisotopic (exact) mass is 392 g/mol. The minimum Gasteiger partial charge on any atom is -0.493 e. The summed E-state index contributed by atoms with van der Waals surface area (Å²) in [7, 11) is 0. The molecule has 0 spiro atoms. The second kappa shape index (κ2) is 9.46. The number of alkyl halides is 2. The molecule has 152 valence electrons. The lowest BCUT2D eigenvalue weighted by Gasteiger charge is -2.29. The summed E-state index contributed by atoms with van der Waals surface area (Å²) in [6.45, 7) is 4.58. The molecule has 1 fully saturated rings. The minimum absolute atomic E-state index is 0.0688. The molecule has 0 radical (unpaired) electrons. The third kappa shape index (κ3) is 4.88. The van der Waals surface area contributed by atoms with E-state index < -0.39 is 17.8 Å². The van der Waals surface area contributed by atoms with Crippen molar-refractivity contribution < 1.29 is 22.6 Å². The van der Waals surface area contributed by atoms with E-state index in [2.05, 4.69) is 31.2 Å². The van der Waals surface area contributed by atoms with Gasteiger partial charge >= 0.3 is 0 Å². The van der Waals surface area contributed by atoms with E-state index in [0.29, 0.717) is 30.9 Å². The second-order valence-corrected chi connectivity index (χ2v) is 7.40. The van der Waals surface area contributed by atoms with Gasteiger partial charge in [-0.05, 0) is 62.6 Å². The summed E-state index contributed by atoms with van der Waals surface area (Å²) in [6, 6.07) is 11.4. The molecule has 1 aliphatic rings. The van der Waals surface area contributed by atoms with Crippen LogP contribution in [0.25, 0.3) is 0 Å². The molecule has 0 aliphatic carbocycles. The number of rotatable bonds is 7. The average Bonchev–Trinajstić information content (AvgIpc) is 2.68. The normalized spacial score (nSPS) is 19.8. The fourth-order valence-corrected chi connectivity index (χ4v) is 3.74. The molecule has 1 aliphatic heterocycles. The zero-order valence-electron chi connectivity index (χ0n) is 16.4. The van der Waals surface area contributed by atoms with Crippen LogP contribution in [0.5, 0.6) is 5.75 Å². The molecule has 1 saturated heterocycles. The van der Waals surface area contributed by atoms with E-state index in [0.717, 1.165) is 12.8 Å². The molecule has 0 N–H and O–H groups in total. The smallest absolute Gasteiger partial charge is 0.270 e. The Morgan fingerprint density at radius 1 is 1.11 bits per heavy atom. The lowest BCUT2D eigenvalue weighted by molar-refractivity contribution is -0.0192. The second-order valence-electron chi connectivity index (χ2n) is 7.40. The fraction of sp³-hybridized carbons (Fsp3) is 0.478. The summed E-state index contributed by atoms with van der Waals surface area (Å²) >= 11 is 0. The van der Waals surface area contributed by atoms with Gasteiger partial charge in [0, 0.05) is 0 Å². The first-order valence-electron chi connectivity index (χ1n) is 9.90. The first-order chi connectivity index (χ1) is 13.5. The molecule has 0 bridgehead atoms. The lowest BCUT2D eigenvalue weighted by Crippen LogP contribution is -2.21. The van der Waals surface area contributed by atoms with Gasteiger partial charge in [0.1, 0.15) is 11.6 Å². The van der Waals surface area contributed by atoms with Gasteiger partial charge in [-0.25, -0.2) is 13.2 Å². The first kappa shape index (κ1) is 20.7. The highest BCUT2D eigenvalue weighted by Gasteiger charge is 2.25. The summed E-state index contributed by atoms with van der Waals surface area (Å²) in [6.07, 6.45) is 0.245. The van der Waals surface area contributed by atoms with Crippen molar-refractivity contribution in [1.29, 1.82) is 0 Å². The highest BCUT2D eigenvalue weighted by Crippen LogP contribution is 2.36. The summed E-state index contributed by atoms with van der Waals surface area (Å²) in [5.74, 6) is -0.599. The zero-order valence-corrected chi connectivity index (χ0v) is 16.4. The maximum atomic E-state index is 14.6. The summed E-state index contributed by atoms with van der Waals surface area (Å²) < 4.78 is 52.3. The molecule has 3 rings (SSSR count). The number of halogens is 3. The molecule has 0 saturated carbocycles. The molecule has 0 aromatic heterocycles. The van der Waals surface area contributed by atoms with Gasteiger partial charge < -0.3 is 9.47 Å². The molecule has 1 heterocycles. The third-order valence-corrected chi connectivity index (χ3v) is 5.38. The Hall–Kier alpha value is -2.01. The molecule has 2 unspecified atom stereocenters. The number of aryl methyl sites for hydroxylation is 2. The van der Waals surface area contributed by atoms with Gasteiger partial charge in [0.25, 0.3) is 6.43 Å². The standard InChI is InChI=1S/C23H27F3O2/c1-3-27-20-13-11-18(22(24)21(20)23(25)26)10-6-16-7-12-19(28-14-16)17-8-4-15(2)5-9-17/h4-5,8-9,11,13,16,19,23H,3,6-7,10,12,14H2,1-2H3. The van der Waals surface area contributed by atoms with Crippen LogP contribution in [0.2, 0.25) is 0 Å². The van der Waals surface area contributed by atoms with Crippen molar-refractivity contribution in [3.8, 4) is 5.75 Å². The molecule has 2 aromatic rings. The van der Waals surface area contributed by atoms with Crippen molar-refractivity contribution in [3.05, 3.63) is 64.5 Å². The number of hydrogen-bond donors (Lipinski definition) is 0. The van der Waals surface area contributed by atoms with E-state index in [-0.39, 0.29) is 18.5 Å². The SMILES string of the molecule is CCOc1ccc(CCC2CCC(c3ccc(C)cc3)OC2)c(F)c1C(F)F. The quantitative estimate of drug-likeness (QED) is 0.530. The topological polar surface area (TPSA) is 18.5 Å². The fourth-order valence-electron chi connectivity index (χ4n) is 3.74. The largest absolute Gasteiger partial charge is 0.493 e. The van der Waals surface area contributed by atoms with Crippen molar-refractivity contribution in [3.63, 3.8) is 0 Å². The first-order valence-corrected chi connectivity index (χ1v) is 9.90. The van der Waals surface area contributed by atoms with Gasteiger partial charge in [-0.3, -0.25) is 0 Å². The number of ether oxygens (including phenoxy) is 2. The molecule has 0 amide bonds. The Morgan fingerprint density at radius 3 is 2.46 bits per heavy atom. The molecular formula is C23H27F3O2. The Balaban J connectivity index is 1.58. The van der Waals surface area contributed by atoms with Crippen LogP contribution in [0, 0.1) is 18.7 Å². The van der Waals surface area contributed by atoms with Crippen molar-refractivity contribution in [2.45, 2.75) is 52.1 Å². The third-order valence-electron chi connectivity index (χ3n) is 5.38. The van der Waals surface area contributed by atoms with Gasteiger partial charge in [0.15, 0.2) is 0 Å². The highest BCUT2D eigenvalue weighted by atomic mass is 19.3. The van der Waals surface area contributed by atoms with E-state index in [1.54, 1.807) is 13.0 Å². The Bertz CT molecular complexity index is 766. The molecular weight excluding hydrogens is 365 g/mol. The van der Waals surface area contributed by atoms with Gasteiger partial charge in [-0.2, -0.15) is 0 Å². The minimum atomic E-state index is -2.89. The van der Waals surface area contributed by atoms with Crippen LogP contribution in [0.3, 0.4) is 0 Å². The highest BCUT2D eigenvalue weighted by molar-refractivity contribution is 5.40. The lowest BCUT2D eigenvalue weighted by atomic mass is 9.90.